The summed E-state index contributed by atoms with van der Waals surface area (Å²) in [6.07, 6.45) is 0. The van der Waals surface area contributed by atoms with Crippen molar-refractivity contribution in [3.8, 4) is 11.5 Å². The minimum Gasteiger partial charge on any atom is -0.455 e. The fourth-order valence-corrected chi connectivity index (χ4v) is 4.25. The number of nitrogens with zero attached hydrogens (tertiary/aromatic N) is 1. The van der Waals surface area contributed by atoms with Gasteiger partial charge < -0.3 is 4.74 Å². The maximum absolute atomic E-state index is 10.8. The standard InChI is InChI=1S/C13H7Br4NO3/c14-6-7-1-2-9(5-10(7)15)21-13-11(16)3-8(18(19)20)4-12(13)17/h1-5H,6H2. The average molecular weight is 545 g/mol. The van der Waals surface area contributed by atoms with Crippen LogP contribution in [0.4, 0.5) is 5.69 Å². The van der Waals surface area contributed by atoms with Crippen molar-refractivity contribution >= 4 is 69.4 Å². The Labute approximate surface area is 154 Å². The number of ether oxygens (including phenoxy) is 1. The summed E-state index contributed by atoms with van der Waals surface area (Å²) in [6.45, 7) is 0. The molecule has 0 N–H and O–H groups in total. The first-order chi connectivity index (χ1) is 9.92. The highest BCUT2D eigenvalue weighted by Crippen LogP contribution is 2.40. The molecule has 0 spiro atoms. The van der Waals surface area contributed by atoms with Crippen LogP contribution in [0.25, 0.3) is 0 Å². The molecular weight excluding hydrogens is 538 g/mol. The molecule has 2 aromatic carbocycles. The largest absolute Gasteiger partial charge is 0.455 e. The van der Waals surface area contributed by atoms with E-state index >= 15 is 0 Å². The van der Waals surface area contributed by atoms with Gasteiger partial charge in [0.25, 0.3) is 5.69 Å². The van der Waals surface area contributed by atoms with Crippen LogP contribution >= 0.6 is 63.7 Å². The number of rotatable bonds is 4. The minimum atomic E-state index is -0.458. The van der Waals surface area contributed by atoms with Crippen LogP contribution in [0.5, 0.6) is 11.5 Å². The zero-order valence-electron chi connectivity index (χ0n) is 10.3. The first-order valence-corrected chi connectivity index (χ1v) is 9.08. The van der Waals surface area contributed by atoms with E-state index in [9.17, 15) is 10.1 Å². The van der Waals surface area contributed by atoms with Crippen LogP contribution in [0.1, 0.15) is 5.56 Å². The van der Waals surface area contributed by atoms with Crippen molar-refractivity contribution in [2.24, 2.45) is 0 Å². The van der Waals surface area contributed by atoms with E-state index in [4.69, 9.17) is 4.74 Å². The molecule has 0 atom stereocenters. The number of halogens is 4. The van der Waals surface area contributed by atoms with Gasteiger partial charge in [0.05, 0.1) is 13.9 Å². The number of benzene rings is 2. The summed E-state index contributed by atoms with van der Waals surface area (Å²) in [4.78, 5) is 10.3. The maximum atomic E-state index is 10.8. The molecule has 0 heterocycles. The molecule has 0 aliphatic rings. The summed E-state index contributed by atoms with van der Waals surface area (Å²) >= 11 is 13.4. The minimum absolute atomic E-state index is 0.0167. The second kappa shape index (κ2) is 7.21. The second-order valence-electron chi connectivity index (χ2n) is 3.98. The van der Waals surface area contributed by atoms with Gasteiger partial charge in [0.2, 0.25) is 0 Å². The van der Waals surface area contributed by atoms with Gasteiger partial charge in [0.15, 0.2) is 5.75 Å². The summed E-state index contributed by atoms with van der Waals surface area (Å²) in [5.74, 6) is 1.11. The van der Waals surface area contributed by atoms with Crippen molar-refractivity contribution in [2.75, 3.05) is 0 Å². The molecule has 0 unspecified atom stereocenters. The third kappa shape index (κ3) is 4.06. The second-order valence-corrected chi connectivity index (χ2v) is 7.11. The van der Waals surface area contributed by atoms with Crippen molar-refractivity contribution in [3.63, 3.8) is 0 Å². The van der Waals surface area contributed by atoms with E-state index < -0.39 is 4.92 Å². The van der Waals surface area contributed by atoms with Crippen LogP contribution in [-0.4, -0.2) is 4.92 Å². The molecule has 2 aromatic rings. The molecule has 2 rings (SSSR count). The lowest BCUT2D eigenvalue weighted by Gasteiger charge is -2.11. The van der Waals surface area contributed by atoms with Gasteiger partial charge in [-0.15, -0.1) is 0 Å². The first kappa shape index (κ1) is 16.9. The molecule has 0 saturated heterocycles. The van der Waals surface area contributed by atoms with Crippen LogP contribution in [0.3, 0.4) is 0 Å². The van der Waals surface area contributed by atoms with E-state index in [1.54, 1.807) is 0 Å². The van der Waals surface area contributed by atoms with Crippen LogP contribution in [0, 0.1) is 10.1 Å². The molecule has 0 bridgehead atoms. The zero-order chi connectivity index (χ0) is 15.6. The Morgan fingerprint density at radius 1 is 1.05 bits per heavy atom. The SMILES string of the molecule is O=[N+]([O-])c1cc(Br)c(Oc2ccc(CBr)c(Br)c2)c(Br)c1. The molecule has 4 nitrogen and oxygen atoms in total. The van der Waals surface area contributed by atoms with Crippen LogP contribution in [0.15, 0.2) is 43.7 Å². The Morgan fingerprint density at radius 3 is 2.14 bits per heavy atom. The van der Waals surface area contributed by atoms with Gasteiger partial charge in [-0.1, -0.05) is 37.9 Å². The number of hydrogen-bond acceptors (Lipinski definition) is 3. The Kier molecular flexibility index (Phi) is 5.81. The monoisotopic (exact) mass is 541 g/mol. The zero-order valence-corrected chi connectivity index (χ0v) is 16.6. The van der Waals surface area contributed by atoms with Crippen molar-refractivity contribution < 1.29 is 9.66 Å². The Hall–Kier alpha value is -0.440. The molecule has 0 aliphatic carbocycles. The highest BCUT2D eigenvalue weighted by molar-refractivity contribution is 9.11. The summed E-state index contributed by atoms with van der Waals surface area (Å²) in [5.41, 5.74) is 1.08. The molecule has 110 valence electrons. The summed E-state index contributed by atoms with van der Waals surface area (Å²) in [7, 11) is 0. The van der Waals surface area contributed by atoms with Gasteiger partial charge >= 0.3 is 0 Å². The van der Waals surface area contributed by atoms with Crippen LogP contribution in [0.2, 0.25) is 0 Å². The first-order valence-electron chi connectivity index (χ1n) is 5.58. The average Bonchev–Trinajstić information content (AvgIpc) is 2.42. The number of non-ortho nitro benzene ring substituents is 1. The summed E-state index contributed by atoms with van der Waals surface area (Å²) < 4.78 is 7.72. The third-order valence-corrected chi connectivity index (χ3v) is 5.10. The highest BCUT2D eigenvalue weighted by Gasteiger charge is 2.16. The lowest BCUT2D eigenvalue weighted by molar-refractivity contribution is -0.385. The summed E-state index contributed by atoms with van der Waals surface area (Å²) in [6, 6.07) is 8.42. The molecule has 0 aromatic heterocycles. The topological polar surface area (TPSA) is 52.4 Å². The molecule has 0 saturated carbocycles. The smallest absolute Gasteiger partial charge is 0.271 e. The fraction of sp³-hybridized carbons (Fsp3) is 0.0769. The molecule has 0 fully saturated rings. The maximum Gasteiger partial charge on any atom is 0.271 e. The van der Waals surface area contributed by atoms with Gasteiger partial charge in [0, 0.05) is 21.9 Å². The normalized spacial score (nSPS) is 10.5. The number of nitro benzene ring substituents is 1. The molecular formula is C13H7Br4NO3. The Bertz CT molecular complexity index is 683. The van der Waals surface area contributed by atoms with Crippen molar-refractivity contribution in [3.05, 3.63) is 59.4 Å². The molecule has 0 radical (unpaired) electrons. The quantitative estimate of drug-likeness (QED) is 0.249. The highest BCUT2D eigenvalue weighted by atomic mass is 79.9. The van der Waals surface area contributed by atoms with Gasteiger partial charge in [-0.25, -0.2) is 0 Å². The molecule has 8 heteroatoms. The predicted molar refractivity (Wildman–Crippen MR) is 95.3 cm³/mol. The Balaban J connectivity index is 2.35. The fourth-order valence-electron chi connectivity index (χ4n) is 1.57. The number of alkyl halides is 1. The lowest BCUT2D eigenvalue weighted by atomic mass is 10.2. The molecule has 0 amide bonds. The van der Waals surface area contributed by atoms with Crippen LogP contribution < -0.4 is 4.74 Å². The number of nitro groups is 1. The van der Waals surface area contributed by atoms with Gasteiger partial charge in [0.1, 0.15) is 5.75 Å². The van der Waals surface area contributed by atoms with E-state index in [1.807, 2.05) is 18.2 Å². The van der Waals surface area contributed by atoms with Gasteiger partial charge in [-0.05, 0) is 49.6 Å². The van der Waals surface area contributed by atoms with Crippen molar-refractivity contribution in [1.29, 1.82) is 0 Å². The number of hydrogen-bond donors (Lipinski definition) is 0. The third-order valence-electron chi connectivity index (χ3n) is 2.58. The van der Waals surface area contributed by atoms with Gasteiger partial charge in [-0.2, -0.15) is 0 Å². The van der Waals surface area contributed by atoms with E-state index in [0.717, 1.165) is 15.4 Å². The lowest BCUT2D eigenvalue weighted by Crippen LogP contribution is -1.92. The van der Waals surface area contributed by atoms with E-state index in [2.05, 4.69) is 63.7 Å². The van der Waals surface area contributed by atoms with E-state index in [0.29, 0.717) is 20.4 Å². The molecule has 0 aliphatic heterocycles. The van der Waals surface area contributed by atoms with E-state index in [1.165, 1.54) is 12.1 Å². The van der Waals surface area contributed by atoms with Gasteiger partial charge in [-0.3, -0.25) is 10.1 Å². The van der Waals surface area contributed by atoms with E-state index in [-0.39, 0.29) is 5.69 Å². The van der Waals surface area contributed by atoms with Crippen molar-refractivity contribution in [2.45, 2.75) is 5.33 Å². The van der Waals surface area contributed by atoms with Crippen molar-refractivity contribution in [1.82, 2.24) is 0 Å². The van der Waals surface area contributed by atoms with Crippen LogP contribution in [-0.2, 0) is 5.33 Å². The summed E-state index contributed by atoms with van der Waals surface area (Å²) in [5, 5.41) is 11.5. The molecule has 21 heavy (non-hydrogen) atoms. The predicted octanol–water partition coefficient (Wildman–Crippen LogP) is 6.57. The Morgan fingerprint density at radius 2 is 1.67 bits per heavy atom.